The first-order valence-electron chi connectivity index (χ1n) is 7.92. The van der Waals surface area contributed by atoms with Crippen LogP contribution in [0.4, 0.5) is 5.69 Å². The molecule has 1 saturated heterocycles. The minimum Gasteiger partial charge on any atom is -0.490 e. The molecule has 3 rings (SSSR count). The van der Waals surface area contributed by atoms with Gasteiger partial charge in [0.05, 0.1) is 12.0 Å². The van der Waals surface area contributed by atoms with Crippen molar-refractivity contribution in [3.63, 3.8) is 0 Å². The van der Waals surface area contributed by atoms with Crippen LogP contribution in [0.25, 0.3) is 0 Å². The molecule has 0 radical (unpaired) electrons. The maximum atomic E-state index is 11.3. The highest BCUT2D eigenvalue weighted by Crippen LogP contribution is 2.44. The number of rotatable bonds is 4. The van der Waals surface area contributed by atoms with Crippen LogP contribution in [-0.4, -0.2) is 22.6 Å². The second kappa shape index (κ2) is 6.20. The third kappa shape index (κ3) is 2.97. The zero-order valence-corrected chi connectivity index (χ0v) is 14.0. The zero-order valence-electron chi connectivity index (χ0n) is 14.0. The lowest BCUT2D eigenvalue weighted by Gasteiger charge is -2.27. The van der Waals surface area contributed by atoms with E-state index in [1.165, 1.54) is 12.7 Å². The van der Waals surface area contributed by atoms with E-state index in [-0.39, 0.29) is 23.0 Å². The van der Waals surface area contributed by atoms with Gasteiger partial charge >= 0.3 is 5.69 Å². The van der Waals surface area contributed by atoms with Gasteiger partial charge in [-0.3, -0.25) is 15.1 Å². The molecule has 0 bridgehead atoms. The van der Waals surface area contributed by atoms with Crippen LogP contribution in [0.15, 0.2) is 42.7 Å². The van der Waals surface area contributed by atoms with Crippen molar-refractivity contribution in [3.05, 3.63) is 64.0 Å². The molecule has 24 heavy (non-hydrogen) atoms. The van der Waals surface area contributed by atoms with E-state index in [9.17, 15) is 10.1 Å². The number of methoxy groups -OCH3 is 1. The SMILES string of the molecule is COc1ccc(C2CC(c3ccncc3)C(C)(C)N2)cc1[N+](=O)[O-]. The monoisotopic (exact) mass is 327 g/mol. The highest BCUT2D eigenvalue weighted by atomic mass is 16.6. The number of hydrogen-bond donors (Lipinski definition) is 1. The van der Waals surface area contributed by atoms with E-state index in [0.717, 1.165) is 12.0 Å². The molecule has 0 aliphatic carbocycles. The summed E-state index contributed by atoms with van der Waals surface area (Å²) in [6, 6.07) is 9.31. The van der Waals surface area contributed by atoms with Gasteiger partial charge in [-0.2, -0.15) is 0 Å². The summed E-state index contributed by atoms with van der Waals surface area (Å²) in [5.74, 6) is 0.596. The van der Waals surface area contributed by atoms with Crippen LogP contribution in [0.5, 0.6) is 5.75 Å². The standard InChI is InChI=1S/C18H21N3O3/c1-18(2)14(12-6-8-19-9-7-12)11-15(20-18)13-4-5-17(24-3)16(10-13)21(22)23/h4-10,14-15,20H,11H2,1-3H3. The summed E-state index contributed by atoms with van der Waals surface area (Å²) < 4.78 is 5.09. The molecule has 1 fully saturated rings. The van der Waals surface area contributed by atoms with E-state index >= 15 is 0 Å². The third-order valence-electron chi connectivity index (χ3n) is 4.80. The number of aromatic nitrogens is 1. The van der Waals surface area contributed by atoms with Crippen molar-refractivity contribution in [3.8, 4) is 5.75 Å². The van der Waals surface area contributed by atoms with Crippen molar-refractivity contribution in [1.82, 2.24) is 10.3 Å². The highest BCUT2D eigenvalue weighted by Gasteiger charge is 2.41. The highest BCUT2D eigenvalue weighted by molar-refractivity contribution is 5.49. The van der Waals surface area contributed by atoms with E-state index in [0.29, 0.717) is 5.92 Å². The van der Waals surface area contributed by atoms with Crippen molar-refractivity contribution >= 4 is 5.69 Å². The molecule has 0 amide bonds. The Hall–Kier alpha value is -2.47. The molecule has 2 heterocycles. The first-order valence-corrected chi connectivity index (χ1v) is 7.92. The fourth-order valence-corrected chi connectivity index (χ4v) is 3.57. The van der Waals surface area contributed by atoms with Gasteiger partial charge in [0.2, 0.25) is 0 Å². The Morgan fingerprint density at radius 2 is 1.96 bits per heavy atom. The van der Waals surface area contributed by atoms with Gasteiger partial charge in [-0.25, -0.2) is 0 Å². The Balaban J connectivity index is 1.92. The first-order chi connectivity index (χ1) is 11.4. The zero-order chi connectivity index (χ0) is 17.3. The number of nitro groups is 1. The van der Waals surface area contributed by atoms with Gasteiger partial charge in [-0.05, 0) is 49.6 Å². The molecule has 2 atom stereocenters. The van der Waals surface area contributed by atoms with Crippen LogP contribution in [0.2, 0.25) is 0 Å². The van der Waals surface area contributed by atoms with E-state index in [4.69, 9.17) is 4.74 Å². The van der Waals surface area contributed by atoms with Crippen LogP contribution in [0.1, 0.15) is 43.4 Å². The number of pyridine rings is 1. The van der Waals surface area contributed by atoms with Crippen LogP contribution >= 0.6 is 0 Å². The van der Waals surface area contributed by atoms with E-state index < -0.39 is 4.92 Å². The summed E-state index contributed by atoms with van der Waals surface area (Å²) in [4.78, 5) is 14.9. The number of benzene rings is 1. The third-order valence-corrected chi connectivity index (χ3v) is 4.80. The minimum atomic E-state index is -0.400. The molecule has 1 aromatic carbocycles. The van der Waals surface area contributed by atoms with Crippen LogP contribution in [0, 0.1) is 10.1 Å². The average molecular weight is 327 g/mol. The molecule has 0 spiro atoms. The molecular formula is C18H21N3O3. The molecule has 1 aliphatic heterocycles. The fraction of sp³-hybridized carbons (Fsp3) is 0.389. The molecular weight excluding hydrogens is 306 g/mol. The number of ether oxygens (including phenoxy) is 1. The van der Waals surface area contributed by atoms with Gasteiger partial charge in [0.1, 0.15) is 0 Å². The number of hydrogen-bond acceptors (Lipinski definition) is 5. The van der Waals surface area contributed by atoms with Crippen LogP contribution < -0.4 is 10.1 Å². The van der Waals surface area contributed by atoms with Gasteiger partial charge in [0.25, 0.3) is 0 Å². The van der Waals surface area contributed by atoms with Crippen LogP contribution in [-0.2, 0) is 0 Å². The summed E-state index contributed by atoms with van der Waals surface area (Å²) in [5.41, 5.74) is 2.03. The Morgan fingerprint density at radius 1 is 1.25 bits per heavy atom. The normalized spacial score (nSPS) is 22.3. The summed E-state index contributed by atoms with van der Waals surface area (Å²) in [7, 11) is 1.44. The summed E-state index contributed by atoms with van der Waals surface area (Å²) in [6.07, 6.45) is 4.48. The second-order valence-electron chi connectivity index (χ2n) is 6.68. The molecule has 126 valence electrons. The number of nitro benzene ring substituents is 1. The largest absolute Gasteiger partial charge is 0.490 e. The van der Waals surface area contributed by atoms with E-state index in [1.807, 2.05) is 18.2 Å². The summed E-state index contributed by atoms with van der Waals surface area (Å²) >= 11 is 0. The molecule has 6 heteroatoms. The second-order valence-corrected chi connectivity index (χ2v) is 6.68. The minimum absolute atomic E-state index is 0.00182. The Kier molecular flexibility index (Phi) is 4.24. The molecule has 1 aliphatic rings. The van der Waals surface area contributed by atoms with Crippen LogP contribution in [0.3, 0.4) is 0 Å². The van der Waals surface area contributed by atoms with Gasteiger partial charge < -0.3 is 10.1 Å². The predicted octanol–water partition coefficient (Wildman–Crippen LogP) is 3.60. The van der Waals surface area contributed by atoms with Gasteiger partial charge in [-0.1, -0.05) is 6.07 Å². The lowest BCUT2D eigenvalue weighted by Crippen LogP contribution is -2.37. The average Bonchev–Trinajstić information content (AvgIpc) is 2.90. The topological polar surface area (TPSA) is 77.3 Å². The Labute approximate surface area is 141 Å². The molecule has 6 nitrogen and oxygen atoms in total. The molecule has 1 aromatic heterocycles. The quantitative estimate of drug-likeness (QED) is 0.686. The van der Waals surface area contributed by atoms with Gasteiger partial charge in [0.15, 0.2) is 5.75 Å². The van der Waals surface area contributed by atoms with Crippen molar-refractivity contribution in [2.75, 3.05) is 7.11 Å². The first kappa shape index (κ1) is 16.4. The summed E-state index contributed by atoms with van der Waals surface area (Å²) in [5, 5.41) is 14.9. The van der Waals surface area contributed by atoms with Crippen molar-refractivity contribution in [2.24, 2.45) is 0 Å². The molecule has 0 saturated carbocycles. The number of nitrogens with zero attached hydrogens (tertiary/aromatic N) is 2. The Morgan fingerprint density at radius 3 is 2.58 bits per heavy atom. The molecule has 2 aromatic rings. The number of nitrogens with one attached hydrogen (secondary N) is 1. The maximum absolute atomic E-state index is 11.3. The maximum Gasteiger partial charge on any atom is 0.311 e. The predicted molar refractivity (Wildman–Crippen MR) is 91.2 cm³/mol. The smallest absolute Gasteiger partial charge is 0.311 e. The Bertz CT molecular complexity index is 746. The van der Waals surface area contributed by atoms with E-state index in [2.05, 4.69) is 24.1 Å². The van der Waals surface area contributed by atoms with E-state index in [1.54, 1.807) is 24.5 Å². The van der Waals surface area contributed by atoms with Crippen molar-refractivity contribution in [2.45, 2.75) is 37.8 Å². The molecule has 2 unspecified atom stereocenters. The fourth-order valence-electron chi connectivity index (χ4n) is 3.57. The van der Waals surface area contributed by atoms with Gasteiger partial charge in [-0.15, -0.1) is 0 Å². The van der Waals surface area contributed by atoms with Gasteiger partial charge in [0, 0.05) is 36.0 Å². The lowest BCUT2D eigenvalue weighted by atomic mass is 9.83. The lowest BCUT2D eigenvalue weighted by molar-refractivity contribution is -0.385. The van der Waals surface area contributed by atoms with Crippen molar-refractivity contribution in [1.29, 1.82) is 0 Å². The molecule has 1 N–H and O–H groups in total. The summed E-state index contributed by atoms with van der Waals surface area (Å²) in [6.45, 7) is 4.33. The van der Waals surface area contributed by atoms with Crippen molar-refractivity contribution < 1.29 is 9.66 Å².